The lowest BCUT2D eigenvalue weighted by Crippen LogP contribution is -2.45. The molecule has 0 spiro atoms. The van der Waals surface area contributed by atoms with Crippen LogP contribution in [0.3, 0.4) is 0 Å². The number of aromatic nitrogens is 1. The van der Waals surface area contributed by atoms with Crippen molar-refractivity contribution in [3.8, 4) is 0 Å². The van der Waals surface area contributed by atoms with Gasteiger partial charge in [0.1, 0.15) is 0 Å². The maximum Gasteiger partial charge on any atom is 0.0438 e. The molecular weight excluding hydrogens is 282 g/mol. The number of piperazine rings is 1. The van der Waals surface area contributed by atoms with Crippen molar-refractivity contribution >= 4 is 11.6 Å². The predicted molar refractivity (Wildman–Crippen MR) is 86.6 cm³/mol. The highest BCUT2D eigenvalue weighted by Crippen LogP contribution is 2.28. The summed E-state index contributed by atoms with van der Waals surface area (Å²) >= 11 is 6.35. The lowest BCUT2D eigenvalue weighted by Gasteiger charge is -2.35. The summed E-state index contributed by atoms with van der Waals surface area (Å²) < 4.78 is 0. The van der Waals surface area contributed by atoms with Crippen LogP contribution in [0.5, 0.6) is 0 Å². The number of hydrogen-bond donors (Lipinski definition) is 1. The van der Waals surface area contributed by atoms with Gasteiger partial charge in [0.25, 0.3) is 0 Å². The fourth-order valence-corrected chi connectivity index (χ4v) is 3.11. The van der Waals surface area contributed by atoms with Crippen molar-refractivity contribution in [2.75, 3.05) is 26.2 Å². The fraction of sp³-hybridized carbons (Fsp3) is 0.353. The number of nitrogens with zero attached hydrogens (tertiary/aromatic N) is 2. The van der Waals surface area contributed by atoms with Gasteiger partial charge in [-0.15, -0.1) is 0 Å². The Hall–Kier alpha value is -1.42. The van der Waals surface area contributed by atoms with E-state index in [1.807, 2.05) is 30.6 Å². The summed E-state index contributed by atoms with van der Waals surface area (Å²) in [5.41, 5.74) is 2.46. The minimum Gasteiger partial charge on any atom is -0.314 e. The Morgan fingerprint density at radius 1 is 1.14 bits per heavy atom. The van der Waals surface area contributed by atoms with E-state index in [9.17, 15) is 0 Å². The quantitative estimate of drug-likeness (QED) is 0.941. The van der Waals surface area contributed by atoms with Crippen LogP contribution >= 0.6 is 11.6 Å². The standard InChI is InChI=1S/C17H20ClN3/c18-16-6-2-1-4-14(16)12-17(15-5-3-7-20-13-15)21-10-8-19-9-11-21/h1-7,13,17,19H,8-12H2. The molecule has 0 amide bonds. The molecule has 1 atom stereocenters. The van der Waals surface area contributed by atoms with Gasteiger partial charge < -0.3 is 5.32 Å². The summed E-state index contributed by atoms with van der Waals surface area (Å²) in [6, 6.07) is 12.6. The topological polar surface area (TPSA) is 28.2 Å². The van der Waals surface area contributed by atoms with E-state index in [2.05, 4.69) is 33.4 Å². The molecule has 0 saturated carbocycles. The van der Waals surface area contributed by atoms with Gasteiger partial charge in [0.05, 0.1) is 0 Å². The molecule has 0 bridgehead atoms. The van der Waals surface area contributed by atoms with E-state index in [0.717, 1.165) is 37.6 Å². The molecule has 0 radical (unpaired) electrons. The number of hydrogen-bond acceptors (Lipinski definition) is 3. The van der Waals surface area contributed by atoms with Gasteiger partial charge in [0.15, 0.2) is 0 Å². The van der Waals surface area contributed by atoms with Gasteiger partial charge in [0.2, 0.25) is 0 Å². The maximum atomic E-state index is 6.35. The Balaban J connectivity index is 1.87. The molecule has 1 aliphatic heterocycles. The fourth-order valence-electron chi connectivity index (χ4n) is 2.90. The minimum absolute atomic E-state index is 0.334. The van der Waals surface area contributed by atoms with E-state index in [4.69, 9.17) is 11.6 Å². The molecule has 1 saturated heterocycles. The Kier molecular flexibility index (Phi) is 4.86. The SMILES string of the molecule is Clc1ccccc1CC(c1cccnc1)N1CCNCC1. The first kappa shape index (κ1) is 14.5. The number of halogens is 1. The van der Waals surface area contributed by atoms with E-state index in [0.29, 0.717) is 6.04 Å². The van der Waals surface area contributed by atoms with Crippen LogP contribution in [0.25, 0.3) is 0 Å². The maximum absolute atomic E-state index is 6.35. The van der Waals surface area contributed by atoms with Crippen molar-refractivity contribution in [1.29, 1.82) is 0 Å². The smallest absolute Gasteiger partial charge is 0.0438 e. The van der Waals surface area contributed by atoms with Crippen molar-refractivity contribution in [2.24, 2.45) is 0 Å². The van der Waals surface area contributed by atoms with Crippen LogP contribution in [0.1, 0.15) is 17.2 Å². The molecule has 1 fully saturated rings. The first-order chi connectivity index (χ1) is 10.3. The van der Waals surface area contributed by atoms with Crippen LogP contribution < -0.4 is 5.32 Å². The molecule has 1 N–H and O–H groups in total. The zero-order chi connectivity index (χ0) is 14.5. The minimum atomic E-state index is 0.334. The largest absolute Gasteiger partial charge is 0.314 e. The number of nitrogens with one attached hydrogen (secondary N) is 1. The molecule has 3 nitrogen and oxygen atoms in total. The first-order valence-electron chi connectivity index (χ1n) is 7.42. The molecule has 110 valence electrons. The Morgan fingerprint density at radius 3 is 2.67 bits per heavy atom. The predicted octanol–water partition coefficient (Wildman–Crippen LogP) is 2.92. The molecule has 1 aromatic carbocycles. The van der Waals surface area contributed by atoms with E-state index < -0.39 is 0 Å². The molecule has 2 aromatic rings. The van der Waals surface area contributed by atoms with Gasteiger partial charge in [-0.3, -0.25) is 9.88 Å². The van der Waals surface area contributed by atoms with Crippen molar-refractivity contribution in [3.05, 3.63) is 64.9 Å². The summed E-state index contributed by atoms with van der Waals surface area (Å²) in [5.74, 6) is 0. The summed E-state index contributed by atoms with van der Waals surface area (Å²) in [7, 11) is 0. The third kappa shape index (κ3) is 3.62. The average molecular weight is 302 g/mol. The highest BCUT2D eigenvalue weighted by Gasteiger charge is 2.23. The Morgan fingerprint density at radius 2 is 1.95 bits per heavy atom. The second-order valence-electron chi connectivity index (χ2n) is 5.38. The van der Waals surface area contributed by atoms with E-state index >= 15 is 0 Å². The Labute approximate surface area is 131 Å². The lowest BCUT2D eigenvalue weighted by atomic mass is 9.98. The highest BCUT2D eigenvalue weighted by atomic mass is 35.5. The van der Waals surface area contributed by atoms with Crippen LogP contribution in [-0.4, -0.2) is 36.1 Å². The van der Waals surface area contributed by atoms with Gasteiger partial charge in [-0.2, -0.15) is 0 Å². The molecule has 21 heavy (non-hydrogen) atoms. The van der Waals surface area contributed by atoms with Gasteiger partial charge in [-0.25, -0.2) is 0 Å². The summed E-state index contributed by atoms with van der Waals surface area (Å²) in [5, 5.41) is 4.26. The molecular formula is C17H20ClN3. The average Bonchev–Trinajstić information content (AvgIpc) is 2.56. The molecule has 3 rings (SSSR count). The van der Waals surface area contributed by atoms with Crippen molar-refractivity contribution in [3.63, 3.8) is 0 Å². The monoisotopic (exact) mass is 301 g/mol. The second kappa shape index (κ2) is 7.03. The summed E-state index contributed by atoms with van der Waals surface area (Å²) in [4.78, 5) is 6.81. The zero-order valence-corrected chi connectivity index (χ0v) is 12.8. The van der Waals surface area contributed by atoms with Gasteiger partial charge in [0, 0.05) is 49.6 Å². The third-order valence-electron chi connectivity index (χ3n) is 4.03. The van der Waals surface area contributed by atoms with Gasteiger partial charge >= 0.3 is 0 Å². The van der Waals surface area contributed by atoms with Crippen molar-refractivity contribution < 1.29 is 0 Å². The van der Waals surface area contributed by atoms with Crippen LogP contribution in [0, 0.1) is 0 Å². The highest BCUT2D eigenvalue weighted by molar-refractivity contribution is 6.31. The van der Waals surface area contributed by atoms with Crippen LogP contribution in [-0.2, 0) is 6.42 Å². The first-order valence-corrected chi connectivity index (χ1v) is 7.80. The molecule has 1 aliphatic rings. The molecule has 2 heterocycles. The van der Waals surface area contributed by atoms with Gasteiger partial charge in [-0.1, -0.05) is 35.9 Å². The number of pyridine rings is 1. The summed E-state index contributed by atoms with van der Waals surface area (Å²) in [6.45, 7) is 4.20. The number of rotatable bonds is 4. The Bertz CT molecular complexity index is 567. The van der Waals surface area contributed by atoms with E-state index in [1.54, 1.807) is 0 Å². The van der Waals surface area contributed by atoms with Crippen LogP contribution in [0.2, 0.25) is 5.02 Å². The van der Waals surface area contributed by atoms with Crippen LogP contribution in [0.15, 0.2) is 48.8 Å². The van der Waals surface area contributed by atoms with Crippen molar-refractivity contribution in [2.45, 2.75) is 12.5 Å². The zero-order valence-electron chi connectivity index (χ0n) is 12.0. The van der Waals surface area contributed by atoms with E-state index in [-0.39, 0.29) is 0 Å². The normalized spacial score (nSPS) is 17.6. The molecule has 4 heteroatoms. The summed E-state index contributed by atoms with van der Waals surface area (Å²) in [6.07, 6.45) is 4.72. The van der Waals surface area contributed by atoms with Crippen molar-refractivity contribution in [1.82, 2.24) is 15.2 Å². The lowest BCUT2D eigenvalue weighted by molar-refractivity contribution is 0.172. The molecule has 1 aromatic heterocycles. The molecule has 1 unspecified atom stereocenters. The van der Waals surface area contributed by atoms with Gasteiger partial charge in [-0.05, 0) is 29.7 Å². The van der Waals surface area contributed by atoms with E-state index in [1.165, 1.54) is 11.1 Å². The van der Waals surface area contributed by atoms with Crippen LogP contribution in [0.4, 0.5) is 0 Å². The molecule has 0 aliphatic carbocycles. The number of benzene rings is 1. The second-order valence-corrected chi connectivity index (χ2v) is 5.79. The third-order valence-corrected chi connectivity index (χ3v) is 4.40.